The number of hydrogen-bond acceptors (Lipinski definition) is 6. The fourth-order valence-electron chi connectivity index (χ4n) is 2.99. The van der Waals surface area contributed by atoms with E-state index in [9.17, 15) is 0 Å². The van der Waals surface area contributed by atoms with Gasteiger partial charge in [0.2, 0.25) is 11.6 Å². The van der Waals surface area contributed by atoms with Gasteiger partial charge in [0.15, 0.2) is 5.82 Å². The van der Waals surface area contributed by atoms with Crippen LogP contribution in [0.25, 0.3) is 22.5 Å². The van der Waals surface area contributed by atoms with Gasteiger partial charge in [-0.2, -0.15) is 22.9 Å². The van der Waals surface area contributed by atoms with Crippen LogP contribution in [-0.4, -0.2) is 35.4 Å². The summed E-state index contributed by atoms with van der Waals surface area (Å²) in [4.78, 5) is 4.45. The largest absolute Gasteiger partial charge is 0.234 e. The molecule has 4 rings (SSSR count). The number of thiol groups is 1. The summed E-state index contributed by atoms with van der Waals surface area (Å²) in [5.74, 6) is 8.55. The molecule has 8 heteroatoms. The lowest BCUT2D eigenvalue weighted by molar-refractivity contribution is 0.669. The van der Waals surface area contributed by atoms with E-state index >= 15 is 0 Å². The monoisotopic (exact) mass is 401 g/mol. The van der Waals surface area contributed by atoms with E-state index in [1.807, 2.05) is 29.8 Å². The van der Waals surface area contributed by atoms with Gasteiger partial charge in [0.1, 0.15) is 0 Å². The molecule has 29 heavy (non-hydrogen) atoms. The molecule has 4 aromatic rings. The molecule has 2 aromatic heterocycles. The number of nitrogens with zero attached hydrogens (tertiary/aromatic N) is 6. The molecule has 0 atom stereocenters. The highest BCUT2D eigenvalue weighted by atomic mass is 32.1. The fourth-order valence-corrected chi connectivity index (χ4v) is 3.13. The van der Waals surface area contributed by atoms with Gasteiger partial charge in [-0.3, -0.25) is 0 Å². The predicted molar refractivity (Wildman–Crippen MR) is 114 cm³/mol. The number of tetrazole rings is 1. The van der Waals surface area contributed by atoms with Crippen molar-refractivity contribution >= 4 is 12.6 Å². The minimum Gasteiger partial charge on any atom is -0.234 e. The maximum Gasteiger partial charge on any atom is 0.205 e. The average Bonchev–Trinajstić information content (AvgIpc) is 3.43. The van der Waals surface area contributed by atoms with Crippen molar-refractivity contribution in [1.82, 2.24) is 35.4 Å². The van der Waals surface area contributed by atoms with E-state index in [-0.39, 0.29) is 0 Å². The van der Waals surface area contributed by atoms with Gasteiger partial charge in [-0.25, -0.2) is 9.67 Å². The van der Waals surface area contributed by atoms with Crippen LogP contribution in [0.2, 0.25) is 0 Å². The number of H-pyrrole nitrogens is 1. The molecule has 0 radical (unpaired) electrons. The first-order valence-electron chi connectivity index (χ1n) is 9.24. The van der Waals surface area contributed by atoms with Crippen molar-refractivity contribution in [2.45, 2.75) is 25.6 Å². The van der Waals surface area contributed by atoms with Gasteiger partial charge < -0.3 is 0 Å². The number of nitrogens with one attached hydrogen (secondary N) is 1. The van der Waals surface area contributed by atoms with E-state index in [0.29, 0.717) is 29.8 Å². The molecule has 0 aliphatic rings. The van der Waals surface area contributed by atoms with E-state index in [1.54, 1.807) is 0 Å². The van der Waals surface area contributed by atoms with Gasteiger partial charge in [-0.05, 0) is 27.8 Å². The summed E-state index contributed by atoms with van der Waals surface area (Å²) in [7, 11) is 0. The van der Waals surface area contributed by atoms with E-state index in [1.165, 1.54) is 0 Å². The Morgan fingerprint density at radius 1 is 1.07 bits per heavy atom. The van der Waals surface area contributed by atoms with Crippen LogP contribution in [0.1, 0.15) is 30.6 Å². The average molecular weight is 401 g/mol. The van der Waals surface area contributed by atoms with Crippen molar-refractivity contribution in [2.24, 2.45) is 0 Å². The summed E-state index contributed by atoms with van der Waals surface area (Å²) >= 11 is 4.27. The van der Waals surface area contributed by atoms with Crippen LogP contribution >= 0.6 is 12.6 Å². The third-order valence-corrected chi connectivity index (χ3v) is 4.63. The van der Waals surface area contributed by atoms with Crippen molar-refractivity contribution in [3.8, 4) is 34.4 Å². The normalized spacial score (nSPS) is 10.6. The molecule has 0 saturated carbocycles. The second kappa shape index (κ2) is 8.71. The van der Waals surface area contributed by atoms with E-state index in [0.717, 1.165) is 28.7 Å². The molecule has 0 spiro atoms. The molecule has 0 bridgehead atoms. The van der Waals surface area contributed by atoms with Crippen LogP contribution in [-0.2, 0) is 12.3 Å². The minimum absolute atomic E-state index is 0.486. The molecular weight excluding hydrogens is 382 g/mol. The van der Waals surface area contributed by atoms with Crippen molar-refractivity contribution in [2.75, 3.05) is 0 Å². The second-order valence-electron chi connectivity index (χ2n) is 6.30. The van der Waals surface area contributed by atoms with Crippen molar-refractivity contribution in [3.63, 3.8) is 0 Å². The Hall–Kier alpha value is -3.44. The lowest BCUT2D eigenvalue weighted by Gasteiger charge is -2.08. The van der Waals surface area contributed by atoms with Gasteiger partial charge in [0.05, 0.1) is 12.3 Å². The predicted octanol–water partition coefficient (Wildman–Crippen LogP) is 3.36. The maximum atomic E-state index is 4.51. The number of benzene rings is 2. The summed E-state index contributed by atoms with van der Waals surface area (Å²) < 4.78 is 1.83. The highest BCUT2D eigenvalue weighted by Crippen LogP contribution is 2.29. The molecule has 144 valence electrons. The molecular formula is C21H19N7S. The summed E-state index contributed by atoms with van der Waals surface area (Å²) in [6, 6.07) is 16.3. The van der Waals surface area contributed by atoms with Crippen LogP contribution in [0.4, 0.5) is 0 Å². The topological polar surface area (TPSA) is 85.2 Å². The highest BCUT2D eigenvalue weighted by Gasteiger charge is 2.11. The van der Waals surface area contributed by atoms with Gasteiger partial charge in [0, 0.05) is 12.0 Å². The Kier molecular flexibility index (Phi) is 5.68. The lowest BCUT2D eigenvalue weighted by atomic mass is 9.98. The standard InChI is InChI=1S/C21H19N7S/c1-2-3-8-20-22-19(14-29)25-28(20)13-15-9-11-16(12-10-15)17-6-4-5-7-18(17)21-23-26-27-24-21/h4-7,9-12,29H,2,13-14H2,1H3,(H,23,24,26,27). The zero-order valence-corrected chi connectivity index (χ0v) is 16.8. The number of aromatic amines is 1. The fraction of sp³-hybridized carbons (Fsp3) is 0.190. The molecule has 0 fully saturated rings. The zero-order chi connectivity index (χ0) is 20.1. The van der Waals surface area contributed by atoms with Crippen LogP contribution in [0.3, 0.4) is 0 Å². The first kappa shape index (κ1) is 18.9. The third-order valence-electron chi connectivity index (χ3n) is 4.34. The Bertz CT molecular complexity index is 1150. The van der Waals surface area contributed by atoms with E-state index < -0.39 is 0 Å². The van der Waals surface area contributed by atoms with Gasteiger partial charge in [-0.15, -0.1) is 10.2 Å². The number of hydrogen-bond donors (Lipinski definition) is 2. The minimum atomic E-state index is 0.486. The van der Waals surface area contributed by atoms with Gasteiger partial charge in [0.25, 0.3) is 0 Å². The first-order valence-corrected chi connectivity index (χ1v) is 9.87. The van der Waals surface area contributed by atoms with Crippen molar-refractivity contribution < 1.29 is 0 Å². The quantitative estimate of drug-likeness (QED) is 0.396. The van der Waals surface area contributed by atoms with Gasteiger partial charge in [-0.1, -0.05) is 61.4 Å². The molecule has 0 saturated heterocycles. The van der Waals surface area contributed by atoms with Crippen molar-refractivity contribution in [1.29, 1.82) is 0 Å². The lowest BCUT2D eigenvalue weighted by Crippen LogP contribution is -2.05. The Balaban J connectivity index is 1.61. The van der Waals surface area contributed by atoms with Crippen LogP contribution in [0, 0.1) is 11.8 Å². The van der Waals surface area contributed by atoms with Crippen LogP contribution in [0.5, 0.6) is 0 Å². The highest BCUT2D eigenvalue weighted by molar-refractivity contribution is 7.79. The van der Waals surface area contributed by atoms with Gasteiger partial charge >= 0.3 is 0 Å². The molecule has 0 amide bonds. The second-order valence-corrected chi connectivity index (χ2v) is 6.62. The zero-order valence-electron chi connectivity index (χ0n) is 15.9. The third kappa shape index (κ3) is 4.20. The summed E-state index contributed by atoms with van der Waals surface area (Å²) in [5.41, 5.74) is 4.17. The molecule has 0 aliphatic heterocycles. The summed E-state index contributed by atoms with van der Waals surface area (Å²) in [5, 5.41) is 18.9. The summed E-state index contributed by atoms with van der Waals surface area (Å²) in [6.07, 6.45) is 0.775. The maximum absolute atomic E-state index is 4.51. The molecule has 2 heterocycles. The molecule has 7 nitrogen and oxygen atoms in total. The van der Waals surface area contributed by atoms with Crippen LogP contribution < -0.4 is 0 Å². The molecule has 2 aromatic carbocycles. The number of aromatic nitrogens is 7. The van der Waals surface area contributed by atoms with Crippen LogP contribution in [0.15, 0.2) is 48.5 Å². The molecule has 0 aliphatic carbocycles. The number of rotatable bonds is 5. The molecule has 0 unspecified atom stereocenters. The smallest absolute Gasteiger partial charge is 0.205 e. The first-order chi connectivity index (χ1) is 14.3. The Labute approximate surface area is 174 Å². The SMILES string of the molecule is CCC#Cc1nc(CS)nn1Cc1ccc(-c2ccccc2-c2nn[nH]n2)cc1. The Morgan fingerprint density at radius 3 is 2.55 bits per heavy atom. The van der Waals surface area contributed by atoms with E-state index in [2.05, 4.69) is 85.5 Å². The van der Waals surface area contributed by atoms with Crippen molar-refractivity contribution in [3.05, 3.63) is 65.7 Å². The Morgan fingerprint density at radius 2 is 1.86 bits per heavy atom. The summed E-state index contributed by atoms with van der Waals surface area (Å²) in [6.45, 7) is 2.61. The molecule has 1 N–H and O–H groups in total. The van der Waals surface area contributed by atoms with E-state index in [4.69, 9.17) is 0 Å².